The topological polar surface area (TPSA) is 193 Å². The van der Waals surface area contributed by atoms with Gasteiger partial charge in [0, 0.05) is 41.7 Å². The second-order valence-electron chi connectivity index (χ2n) is 11.2. The lowest BCUT2D eigenvalue weighted by Gasteiger charge is -2.47. The van der Waals surface area contributed by atoms with Crippen molar-refractivity contribution in [3.63, 3.8) is 0 Å². The van der Waals surface area contributed by atoms with Gasteiger partial charge in [-0.1, -0.05) is 6.92 Å². The fourth-order valence-corrected chi connectivity index (χ4v) is 8.08. The van der Waals surface area contributed by atoms with E-state index in [1.807, 2.05) is 11.8 Å². The zero-order valence-electron chi connectivity index (χ0n) is 23.2. The van der Waals surface area contributed by atoms with Crippen LogP contribution in [0.5, 0.6) is 0 Å². The third-order valence-corrected chi connectivity index (χ3v) is 10.1. The van der Waals surface area contributed by atoms with Gasteiger partial charge >= 0.3 is 5.97 Å². The number of carboxylic acids is 1. The van der Waals surface area contributed by atoms with Crippen LogP contribution in [0.15, 0.2) is 29.3 Å². The summed E-state index contributed by atoms with van der Waals surface area (Å²) in [6, 6.07) is -1.03. The summed E-state index contributed by atoms with van der Waals surface area (Å²) in [6.07, 6.45) is 6.79. The van der Waals surface area contributed by atoms with Gasteiger partial charge in [0.15, 0.2) is 0 Å². The van der Waals surface area contributed by atoms with Crippen LogP contribution in [0, 0.1) is 11.8 Å². The van der Waals surface area contributed by atoms with Crippen molar-refractivity contribution in [1.82, 2.24) is 55.6 Å². The highest BCUT2D eigenvalue weighted by atomic mass is 32.2. The summed E-state index contributed by atoms with van der Waals surface area (Å²) >= 11 is 1.44. The molecule has 2 aromatic rings. The summed E-state index contributed by atoms with van der Waals surface area (Å²) < 4.78 is 1.28. The number of amides is 3. The minimum Gasteiger partial charge on any atom is -0.477 e. The van der Waals surface area contributed by atoms with E-state index in [2.05, 4.69) is 36.4 Å². The van der Waals surface area contributed by atoms with E-state index >= 15 is 0 Å². The van der Waals surface area contributed by atoms with Crippen molar-refractivity contribution in [2.24, 2.45) is 11.8 Å². The molecule has 6 atom stereocenters. The number of carbonyl (C=O) groups is 4. The van der Waals surface area contributed by atoms with Crippen LogP contribution in [-0.2, 0) is 25.7 Å². The molecule has 0 radical (unpaired) electrons. The number of hydrogen-bond donors (Lipinski definition) is 3. The van der Waals surface area contributed by atoms with E-state index in [0.29, 0.717) is 31.0 Å². The number of aliphatic carboxylic acids is 1. The van der Waals surface area contributed by atoms with E-state index < -0.39 is 17.9 Å². The van der Waals surface area contributed by atoms with E-state index in [4.69, 9.17) is 0 Å². The average molecular weight is 600 g/mol. The number of carboxylic acid groups (broad SMARTS) is 1. The highest BCUT2D eigenvalue weighted by Crippen LogP contribution is 2.51. The maximum Gasteiger partial charge on any atom is 0.353 e. The zero-order chi connectivity index (χ0) is 29.5. The number of tetrazole rings is 1. The standard InChI is InChI=1S/C25H33N11O5S/c1-13-20-19(14(2)30-18(37)11-34-12-27-31-32-34)24(39)35(20)21(25(40)41)22(13)42-16-9-17(26-10-16)23(38)33-7-3-15(4-8-33)36-28-5-6-29-36/h5-6,12-17,19-20,26H,3-4,7-11H2,1-2H3,(H,30,37)(H,40,41)/t13-,14-,16+,17+,19-,20-/m1/s1. The lowest BCUT2D eigenvalue weighted by molar-refractivity contribution is -0.158. The maximum atomic E-state index is 13.3. The predicted octanol–water partition coefficient (Wildman–Crippen LogP) is -1.13. The molecule has 6 rings (SSSR count). The number of nitrogens with zero attached hydrogens (tertiary/aromatic N) is 9. The molecule has 42 heavy (non-hydrogen) atoms. The van der Waals surface area contributed by atoms with Gasteiger partial charge in [-0.15, -0.1) is 16.9 Å². The molecule has 4 aliphatic heterocycles. The first-order chi connectivity index (χ1) is 20.2. The number of rotatable bonds is 9. The number of piperidine rings is 1. The number of carbonyl (C=O) groups excluding carboxylic acids is 3. The monoisotopic (exact) mass is 599 g/mol. The van der Waals surface area contributed by atoms with Gasteiger partial charge in [-0.2, -0.15) is 15.0 Å². The van der Waals surface area contributed by atoms with Crippen molar-refractivity contribution in [2.45, 2.75) is 69.1 Å². The van der Waals surface area contributed by atoms with Crippen LogP contribution in [0.3, 0.4) is 0 Å². The Bertz CT molecular complexity index is 1370. The number of nitrogens with one attached hydrogen (secondary N) is 2. The molecule has 3 N–H and O–H groups in total. The third kappa shape index (κ3) is 5.14. The van der Waals surface area contributed by atoms with Crippen molar-refractivity contribution >= 4 is 35.5 Å². The Hall–Kier alpha value is -3.86. The molecule has 0 spiro atoms. The highest BCUT2D eigenvalue weighted by Gasteiger charge is 2.60. The molecule has 16 nitrogen and oxygen atoms in total. The van der Waals surface area contributed by atoms with E-state index in [-0.39, 0.29) is 59.3 Å². The first-order valence-corrected chi connectivity index (χ1v) is 15.0. The van der Waals surface area contributed by atoms with E-state index in [0.717, 1.165) is 12.8 Å². The Morgan fingerprint density at radius 2 is 1.95 bits per heavy atom. The van der Waals surface area contributed by atoms with Crippen LogP contribution >= 0.6 is 11.8 Å². The highest BCUT2D eigenvalue weighted by molar-refractivity contribution is 8.03. The van der Waals surface area contributed by atoms with Crippen LogP contribution < -0.4 is 10.6 Å². The summed E-state index contributed by atoms with van der Waals surface area (Å²) in [5.74, 6) is -2.54. The fourth-order valence-electron chi connectivity index (χ4n) is 6.60. The van der Waals surface area contributed by atoms with Gasteiger partial charge in [0.05, 0.1) is 36.4 Å². The lowest BCUT2D eigenvalue weighted by Crippen LogP contribution is -2.66. The average Bonchev–Trinajstić information content (AvgIpc) is 3.78. The number of fused-ring (bicyclic) bond motifs is 1. The zero-order valence-corrected chi connectivity index (χ0v) is 24.1. The van der Waals surface area contributed by atoms with Crippen LogP contribution in [0.1, 0.15) is 39.2 Å². The Kier molecular flexibility index (Phi) is 7.69. The van der Waals surface area contributed by atoms with E-state index in [1.165, 1.54) is 27.7 Å². The number of aromatic nitrogens is 7. The second kappa shape index (κ2) is 11.4. The molecule has 17 heteroatoms. The molecule has 4 aliphatic rings. The molecule has 3 fully saturated rings. The summed E-state index contributed by atoms with van der Waals surface area (Å²) in [4.78, 5) is 56.9. The summed E-state index contributed by atoms with van der Waals surface area (Å²) in [7, 11) is 0. The molecule has 0 unspecified atom stereocenters. The Morgan fingerprint density at radius 3 is 2.62 bits per heavy atom. The SMILES string of the molecule is C[C@@H](NC(=O)Cn1cnnn1)[C@H]1C(=O)N2C(C(=O)O)=C(S[C@@H]3CN[C@H](C(=O)N4CCC(n5nccn5)CC4)C3)[C@H](C)[C@H]12. The van der Waals surface area contributed by atoms with E-state index in [9.17, 15) is 24.3 Å². The summed E-state index contributed by atoms with van der Waals surface area (Å²) in [6.45, 7) is 5.42. The molecule has 3 saturated heterocycles. The molecule has 0 aromatic carbocycles. The molecule has 2 aromatic heterocycles. The minimum atomic E-state index is -1.15. The molecular weight excluding hydrogens is 566 g/mol. The fraction of sp³-hybridized carbons (Fsp3) is 0.640. The van der Waals surface area contributed by atoms with Crippen molar-refractivity contribution in [3.05, 3.63) is 29.3 Å². The van der Waals surface area contributed by atoms with Gasteiger partial charge in [0.1, 0.15) is 18.6 Å². The molecule has 6 heterocycles. The van der Waals surface area contributed by atoms with Crippen LogP contribution in [0.25, 0.3) is 0 Å². The van der Waals surface area contributed by atoms with Gasteiger partial charge in [0.25, 0.3) is 0 Å². The van der Waals surface area contributed by atoms with E-state index in [1.54, 1.807) is 24.1 Å². The first kappa shape index (κ1) is 28.3. The normalized spacial score (nSPS) is 28.5. The molecule has 3 amide bonds. The molecule has 0 bridgehead atoms. The van der Waals surface area contributed by atoms with Gasteiger partial charge in [-0.05, 0) is 36.6 Å². The first-order valence-electron chi connectivity index (χ1n) is 14.1. The summed E-state index contributed by atoms with van der Waals surface area (Å²) in [5.41, 5.74) is 0.00930. The number of thioether (sulfide) groups is 1. The Labute approximate surface area is 245 Å². The number of likely N-dealkylation sites (tertiary alicyclic amines) is 1. The van der Waals surface area contributed by atoms with Gasteiger partial charge in [-0.25, -0.2) is 9.48 Å². The maximum absolute atomic E-state index is 13.3. The van der Waals surface area contributed by atoms with Crippen molar-refractivity contribution in [1.29, 1.82) is 0 Å². The van der Waals surface area contributed by atoms with Gasteiger partial charge in [0.2, 0.25) is 17.7 Å². The minimum absolute atomic E-state index is 0.00930. The number of hydrogen-bond acceptors (Lipinski definition) is 11. The van der Waals surface area contributed by atoms with Gasteiger partial charge in [-0.3, -0.25) is 14.4 Å². The molecular formula is C25H33N11O5S. The van der Waals surface area contributed by atoms with Crippen molar-refractivity contribution in [3.8, 4) is 0 Å². The second-order valence-corrected chi connectivity index (χ2v) is 12.6. The van der Waals surface area contributed by atoms with Crippen molar-refractivity contribution in [2.75, 3.05) is 19.6 Å². The quantitative estimate of drug-likeness (QED) is 0.294. The Balaban J connectivity index is 1.06. The predicted molar refractivity (Wildman–Crippen MR) is 146 cm³/mol. The van der Waals surface area contributed by atoms with Crippen molar-refractivity contribution < 1.29 is 24.3 Å². The van der Waals surface area contributed by atoms with Crippen LogP contribution in [0.2, 0.25) is 0 Å². The van der Waals surface area contributed by atoms with Crippen LogP contribution in [-0.4, -0.2) is 117 Å². The van der Waals surface area contributed by atoms with Crippen LogP contribution in [0.4, 0.5) is 0 Å². The Morgan fingerprint density at radius 1 is 1.21 bits per heavy atom. The van der Waals surface area contributed by atoms with Gasteiger partial charge < -0.3 is 25.5 Å². The lowest BCUT2D eigenvalue weighted by atomic mass is 9.78. The summed E-state index contributed by atoms with van der Waals surface area (Å²) in [5, 5.41) is 35.4. The smallest absolute Gasteiger partial charge is 0.353 e. The molecule has 0 saturated carbocycles. The largest absolute Gasteiger partial charge is 0.477 e. The third-order valence-electron chi connectivity index (χ3n) is 8.64. The molecule has 0 aliphatic carbocycles. The number of β-lactam (4-membered cyclic amide) rings is 1. The molecule has 224 valence electrons.